The first-order valence-corrected chi connectivity index (χ1v) is 13.2. The maximum absolute atomic E-state index is 13.5. The van der Waals surface area contributed by atoms with E-state index in [-0.39, 0.29) is 30.3 Å². The zero-order valence-corrected chi connectivity index (χ0v) is 20.8. The lowest BCUT2D eigenvalue weighted by Crippen LogP contribution is -2.49. The molecule has 3 aliphatic carbocycles. The fourth-order valence-corrected chi connectivity index (χ4v) is 6.78. The highest BCUT2D eigenvalue weighted by atomic mass is 19.1. The smallest absolute Gasteiger partial charge is 0.251 e. The van der Waals surface area contributed by atoms with E-state index in [9.17, 15) is 14.3 Å². The van der Waals surface area contributed by atoms with Gasteiger partial charge in [-0.2, -0.15) is 5.10 Å². The summed E-state index contributed by atoms with van der Waals surface area (Å²) in [5.74, 6) is -0.0306. The summed E-state index contributed by atoms with van der Waals surface area (Å²) >= 11 is 0. The van der Waals surface area contributed by atoms with Crippen LogP contribution in [-0.4, -0.2) is 44.7 Å². The molecule has 6 nitrogen and oxygen atoms in total. The topological polar surface area (TPSA) is 87.4 Å². The molecule has 6 rings (SSSR count). The van der Waals surface area contributed by atoms with E-state index >= 15 is 0 Å². The number of aromatic nitrogens is 2. The van der Waals surface area contributed by atoms with Crippen molar-refractivity contribution in [1.82, 2.24) is 15.1 Å². The number of nitrogens with one attached hydrogen (secondary N) is 1. The standard InChI is InChI=1S/C30H32FN3O3/c31-24-7-9-25(10-8-24)34-27-17-23-12-14-29(37,30(23,22-5-6-22)18-21(27)19-33-34)13-11-20-3-1-2-4-26(20)28(36)32-15-16-35/h1-4,7-10,17,19,22,35,37H,5-6,11-16,18H2,(H,32,36)/t29-,30+/m0/s1. The molecule has 1 aromatic heterocycles. The lowest BCUT2D eigenvalue weighted by molar-refractivity contribution is -0.0661. The molecular weight excluding hydrogens is 469 g/mol. The average Bonchev–Trinajstić information content (AvgIpc) is 3.63. The molecule has 0 aliphatic heterocycles. The number of aryl methyl sites for hydroxylation is 1. The number of fused-ring (bicyclic) bond motifs is 2. The third-order valence-corrected chi connectivity index (χ3v) is 8.69. The van der Waals surface area contributed by atoms with Crippen molar-refractivity contribution >= 4 is 12.0 Å². The van der Waals surface area contributed by atoms with Crippen molar-refractivity contribution in [2.24, 2.45) is 11.3 Å². The van der Waals surface area contributed by atoms with Crippen molar-refractivity contribution in [3.63, 3.8) is 0 Å². The molecule has 2 saturated carbocycles. The molecule has 0 unspecified atom stereocenters. The van der Waals surface area contributed by atoms with E-state index in [1.807, 2.05) is 29.1 Å². The Labute approximate surface area is 215 Å². The van der Waals surface area contributed by atoms with Crippen molar-refractivity contribution in [2.75, 3.05) is 13.2 Å². The van der Waals surface area contributed by atoms with Crippen LogP contribution in [0.25, 0.3) is 11.8 Å². The Morgan fingerprint density at radius 3 is 2.70 bits per heavy atom. The number of benzene rings is 2. The number of aliphatic hydroxyl groups excluding tert-OH is 1. The molecule has 1 heterocycles. The van der Waals surface area contributed by atoms with Crippen molar-refractivity contribution in [1.29, 1.82) is 0 Å². The Bertz CT molecular complexity index is 1360. The molecule has 2 atom stereocenters. The zero-order valence-electron chi connectivity index (χ0n) is 20.8. The van der Waals surface area contributed by atoms with Crippen LogP contribution in [0.1, 0.15) is 59.3 Å². The number of hydrogen-bond acceptors (Lipinski definition) is 4. The molecule has 0 bridgehead atoms. The van der Waals surface area contributed by atoms with Crippen LogP contribution in [0.5, 0.6) is 0 Å². The molecule has 0 saturated heterocycles. The summed E-state index contributed by atoms with van der Waals surface area (Å²) in [5.41, 5.74) is 4.58. The summed E-state index contributed by atoms with van der Waals surface area (Å²) in [6.07, 6.45) is 9.80. The second kappa shape index (κ2) is 9.23. The summed E-state index contributed by atoms with van der Waals surface area (Å²) < 4.78 is 15.4. The van der Waals surface area contributed by atoms with Gasteiger partial charge in [0, 0.05) is 17.5 Å². The van der Waals surface area contributed by atoms with Gasteiger partial charge < -0.3 is 15.5 Å². The second-order valence-corrected chi connectivity index (χ2v) is 10.7. The van der Waals surface area contributed by atoms with Crippen LogP contribution < -0.4 is 5.32 Å². The molecule has 0 radical (unpaired) electrons. The second-order valence-electron chi connectivity index (χ2n) is 10.7. The molecule has 3 N–H and O–H groups in total. The van der Waals surface area contributed by atoms with Crippen molar-refractivity contribution < 1.29 is 19.4 Å². The monoisotopic (exact) mass is 501 g/mol. The predicted molar refractivity (Wildman–Crippen MR) is 139 cm³/mol. The SMILES string of the molecule is O=C(NCCO)c1ccccc1CC[C@]1(O)CCC2=Cc3c(cnn3-c3ccc(F)cc3)C[C@@]21C1CC1. The molecule has 1 amide bonds. The fourth-order valence-electron chi connectivity index (χ4n) is 6.78. The molecule has 7 heteroatoms. The minimum Gasteiger partial charge on any atom is -0.395 e. The van der Waals surface area contributed by atoms with Gasteiger partial charge in [0.15, 0.2) is 0 Å². The van der Waals surface area contributed by atoms with Crippen LogP contribution in [0.2, 0.25) is 0 Å². The Morgan fingerprint density at radius 2 is 1.95 bits per heavy atom. The molecular formula is C30H32FN3O3. The van der Waals surface area contributed by atoms with Gasteiger partial charge in [-0.3, -0.25) is 4.79 Å². The molecule has 0 spiro atoms. The third-order valence-electron chi connectivity index (χ3n) is 8.69. The van der Waals surface area contributed by atoms with Gasteiger partial charge in [-0.15, -0.1) is 0 Å². The Kier molecular flexibility index (Phi) is 6.00. The Hall–Kier alpha value is -3.29. The number of aliphatic hydroxyl groups is 2. The highest BCUT2D eigenvalue weighted by Crippen LogP contribution is 2.66. The minimum atomic E-state index is -0.871. The molecule has 192 valence electrons. The normalized spacial score (nSPS) is 24.4. The van der Waals surface area contributed by atoms with E-state index in [1.54, 1.807) is 18.2 Å². The maximum atomic E-state index is 13.5. The van der Waals surface area contributed by atoms with Gasteiger partial charge in [0.25, 0.3) is 5.91 Å². The zero-order chi connectivity index (χ0) is 25.6. The number of halogens is 1. The average molecular weight is 502 g/mol. The van der Waals surface area contributed by atoms with Crippen LogP contribution in [0, 0.1) is 17.2 Å². The van der Waals surface area contributed by atoms with E-state index < -0.39 is 5.60 Å². The molecule has 2 aromatic carbocycles. The van der Waals surface area contributed by atoms with Gasteiger partial charge in [-0.1, -0.05) is 23.8 Å². The van der Waals surface area contributed by atoms with Crippen LogP contribution >= 0.6 is 0 Å². The molecule has 37 heavy (non-hydrogen) atoms. The van der Waals surface area contributed by atoms with Crippen LogP contribution in [-0.2, 0) is 12.8 Å². The van der Waals surface area contributed by atoms with Crippen molar-refractivity contribution in [3.8, 4) is 5.69 Å². The third kappa shape index (κ3) is 4.01. The first-order valence-electron chi connectivity index (χ1n) is 13.2. The number of carbonyl (C=O) groups is 1. The highest BCUT2D eigenvalue weighted by molar-refractivity contribution is 5.95. The lowest BCUT2D eigenvalue weighted by Gasteiger charge is -2.46. The van der Waals surface area contributed by atoms with Crippen LogP contribution in [0.15, 0.2) is 60.3 Å². The van der Waals surface area contributed by atoms with Gasteiger partial charge in [-0.05, 0) is 98.4 Å². The first kappa shape index (κ1) is 24.1. The highest BCUT2D eigenvalue weighted by Gasteiger charge is 2.63. The molecule has 2 fully saturated rings. The van der Waals surface area contributed by atoms with Crippen molar-refractivity contribution in [3.05, 3.63) is 88.5 Å². The summed E-state index contributed by atoms with van der Waals surface area (Å²) in [5, 5.41) is 28.8. The van der Waals surface area contributed by atoms with E-state index in [2.05, 4.69) is 16.5 Å². The number of nitrogens with zero attached hydrogens (tertiary/aromatic N) is 2. The lowest BCUT2D eigenvalue weighted by atomic mass is 9.61. The van der Waals surface area contributed by atoms with E-state index in [4.69, 9.17) is 5.11 Å². The summed E-state index contributed by atoms with van der Waals surface area (Å²) in [4.78, 5) is 12.7. The molecule has 3 aromatic rings. The largest absolute Gasteiger partial charge is 0.395 e. The number of carbonyl (C=O) groups excluding carboxylic acids is 1. The Balaban J connectivity index is 1.30. The van der Waals surface area contributed by atoms with E-state index in [0.717, 1.165) is 48.2 Å². The predicted octanol–water partition coefficient (Wildman–Crippen LogP) is 4.23. The number of hydrogen-bond donors (Lipinski definition) is 3. The summed E-state index contributed by atoms with van der Waals surface area (Å²) in [6, 6.07) is 13.9. The summed E-state index contributed by atoms with van der Waals surface area (Å²) in [7, 11) is 0. The van der Waals surface area contributed by atoms with Gasteiger partial charge >= 0.3 is 0 Å². The van der Waals surface area contributed by atoms with E-state index in [0.29, 0.717) is 30.7 Å². The molecule has 3 aliphatic rings. The summed E-state index contributed by atoms with van der Waals surface area (Å²) in [6.45, 7) is 0.108. The fraction of sp³-hybridized carbons (Fsp3) is 0.400. The quantitative estimate of drug-likeness (QED) is 0.431. The van der Waals surface area contributed by atoms with E-state index in [1.165, 1.54) is 17.7 Å². The van der Waals surface area contributed by atoms with Gasteiger partial charge in [0.1, 0.15) is 5.82 Å². The first-order chi connectivity index (χ1) is 17.9. The number of amides is 1. The van der Waals surface area contributed by atoms with Gasteiger partial charge in [-0.25, -0.2) is 9.07 Å². The van der Waals surface area contributed by atoms with Gasteiger partial charge in [0.05, 0.1) is 29.8 Å². The van der Waals surface area contributed by atoms with Crippen LogP contribution in [0.4, 0.5) is 4.39 Å². The minimum absolute atomic E-state index is 0.105. The Morgan fingerprint density at radius 1 is 1.16 bits per heavy atom. The van der Waals surface area contributed by atoms with Crippen LogP contribution in [0.3, 0.4) is 0 Å². The van der Waals surface area contributed by atoms with Crippen molar-refractivity contribution in [2.45, 2.75) is 50.5 Å². The van der Waals surface area contributed by atoms with Gasteiger partial charge in [0.2, 0.25) is 0 Å². The number of rotatable bonds is 8. The maximum Gasteiger partial charge on any atom is 0.251 e.